The predicted molar refractivity (Wildman–Crippen MR) is 141 cm³/mol. The Kier molecular flexibility index (Phi) is 10.5. The molecule has 7 N–H and O–H groups in total. The molecule has 1 saturated heterocycles. The van der Waals surface area contributed by atoms with Crippen molar-refractivity contribution in [1.82, 2.24) is 25.5 Å². The summed E-state index contributed by atoms with van der Waals surface area (Å²) in [6.45, 7) is 0.393. The number of H-pyrrole nitrogens is 1. The lowest BCUT2D eigenvalue weighted by Gasteiger charge is -2.28. The van der Waals surface area contributed by atoms with E-state index in [0.29, 0.717) is 37.1 Å². The first-order valence-corrected chi connectivity index (χ1v) is 13.7. The number of nitrogens with one attached hydrogen (secondary N) is 3. The number of aromatic hydroxyl groups is 1. The van der Waals surface area contributed by atoms with Gasteiger partial charge in [0, 0.05) is 31.3 Å². The highest BCUT2D eigenvalue weighted by Gasteiger charge is 2.38. The average molecular weight is 547 g/mol. The molecule has 1 aromatic heterocycles. The number of likely N-dealkylation sites (tertiary alicyclic amines) is 1. The lowest BCUT2D eigenvalue weighted by atomic mass is 10.0. The molecule has 2 heterocycles. The van der Waals surface area contributed by atoms with Gasteiger partial charge in [0.25, 0.3) is 0 Å². The molecule has 4 unspecified atom stereocenters. The zero-order valence-corrected chi connectivity index (χ0v) is 21.9. The first-order chi connectivity index (χ1) is 18.2. The highest BCUT2D eigenvalue weighted by atomic mass is 32.2. The SMILES string of the molecule is CSCCC(N)C(=O)N1CCCC1C(=O)NC(Cc1ccc(O)cc1)C(=O)NC(Cc1cnc[nH]1)C(=O)O. The second-order valence-corrected chi connectivity index (χ2v) is 10.2. The number of phenols is 1. The molecule has 1 aliphatic heterocycles. The monoisotopic (exact) mass is 546 g/mol. The second kappa shape index (κ2) is 13.8. The normalized spacial score (nSPS) is 17.4. The Bertz CT molecular complexity index is 1100. The summed E-state index contributed by atoms with van der Waals surface area (Å²) in [6, 6.07) is 2.24. The Hall–Kier alpha value is -3.58. The van der Waals surface area contributed by atoms with Gasteiger partial charge < -0.3 is 36.5 Å². The van der Waals surface area contributed by atoms with E-state index >= 15 is 0 Å². The van der Waals surface area contributed by atoms with Crippen LogP contribution in [-0.2, 0) is 32.0 Å². The summed E-state index contributed by atoms with van der Waals surface area (Å²) >= 11 is 1.58. The molecular weight excluding hydrogens is 512 g/mol. The van der Waals surface area contributed by atoms with Gasteiger partial charge in [0.05, 0.1) is 12.4 Å². The van der Waals surface area contributed by atoms with Gasteiger partial charge in [0.2, 0.25) is 17.7 Å². The van der Waals surface area contributed by atoms with Crippen LogP contribution in [0.3, 0.4) is 0 Å². The summed E-state index contributed by atoms with van der Waals surface area (Å²) in [5.41, 5.74) is 7.23. The lowest BCUT2D eigenvalue weighted by molar-refractivity contribution is -0.143. The largest absolute Gasteiger partial charge is 0.508 e. The number of aromatic nitrogens is 2. The second-order valence-electron chi connectivity index (χ2n) is 9.19. The van der Waals surface area contributed by atoms with Gasteiger partial charge in [-0.25, -0.2) is 9.78 Å². The Morgan fingerprint density at radius 3 is 2.55 bits per heavy atom. The van der Waals surface area contributed by atoms with E-state index < -0.39 is 42.0 Å². The number of carboxylic acids is 1. The van der Waals surface area contributed by atoms with Crippen molar-refractivity contribution in [2.75, 3.05) is 18.6 Å². The number of thioether (sulfide) groups is 1. The number of imidazole rings is 1. The molecule has 1 aliphatic rings. The van der Waals surface area contributed by atoms with E-state index in [4.69, 9.17) is 5.73 Å². The van der Waals surface area contributed by atoms with Crippen molar-refractivity contribution in [3.8, 4) is 5.75 Å². The van der Waals surface area contributed by atoms with Gasteiger partial charge in [-0.05, 0) is 49.0 Å². The fourth-order valence-corrected chi connectivity index (χ4v) is 4.81. The maximum atomic E-state index is 13.3. The topological polar surface area (TPSA) is 191 Å². The molecule has 0 radical (unpaired) electrons. The Balaban J connectivity index is 1.75. The van der Waals surface area contributed by atoms with Crippen LogP contribution < -0.4 is 16.4 Å². The molecule has 13 heteroatoms. The molecule has 0 aliphatic carbocycles. The number of carboxylic acid groups (broad SMARTS) is 1. The van der Waals surface area contributed by atoms with Crippen LogP contribution in [0.4, 0.5) is 0 Å². The van der Waals surface area contributed by atoms with E-state index in [1.54, 1.807) is 23.9 Å². The molecule has 1 fully saturated rings. The molecular formula is C25H34N6O6S. The van der Waals surface area contributed by atoms with E-state index in [-0.39, 0.29) is 24.5 Å². The number of benzene rings is 1. The van der Waals surface area contributed by atoms with Crippen molar-refractivity contribution >= 4 is 35.5 Å². The third-order valence-corrected chi connectivity index (χ3v) is 7.04. The average Bonchev–Trinajstić information content (AvgIpc) is 3.59. The number of nitrogens with zero attached hydrogens (tertiary/aromatic N) is 2. The van der Waals surface area contributed by atoms with Crippen molar-refractivity contribution in [3.05, 3.63) is 48.0 Å². The van der Waals surface area contributed by atoms with E-state index in [1.807, 2.05) is 6.26 Å². The Labute approximate surface area is 224 Å². The number of hydrogen-bond acceptors (Lipinski definition) is 8. The van der Waals surface area contributed by atoms with Crippen molar-refractivity contribution in [3.63, 3.8) is 0 Å². The lowest BCUT2D eigenvalue weighted by Crippen LogP contribution is -2.57. The Morgan fingerprint density at radius 1 is 1.18 bits per heavy atom. The zero-order valence-electron chi connectivity index (χ0n) is 21.1. The molecule has 0 saturated carbocycles. The van der Waals surface area contributed by atoms with Gasteiger partial charge in [-0.3, -0.25) is 14.4 Å². The molecule has 38 heavy (non-hydrogen) atoms. The molecule has 206 valence electrons. The van der Waals surface area contributed by atoms with Crippen molar-refractivity contribution in [2.24, 2.45) is 5.73 Å². The van der Waals surface area contributed by atoms with Crippen LogP contribution >= 0.6 is 11.8 Å². The minimum atomic E-state index is -1.26. The molecule has 12 nitrogen and oxygen atoms in total. The van der Waals surface area contributed by atoms with Crippen LogP contribution in [0.1, 0.15) is 30.5 Å². The number of amides is 3. The van der Waals surface area contributed by atoms with Crippen molar-refractivity contribution in [1.29, 1.82) is 0 Å². The molecule has 4 atom stereocenters. The first kappa shape index (κ1) is 29.0. The van der Waals surface area contributed by atoms with Crippen LogP contribution in [0.25, 0.3) is 0 Å². The summed E-state index contributed by atoms with van der Waals surface area (Å²) in [5.74, 6) is -1.98. The van der Waals surface area contributed by atoms with Gasteiger partial charge >= 0.3 is 5.97 Å². The quantitative estimate of drug-likeness (QED) is 0.201. The van der Waals surface area contributed by atoms with Gasteiger partial charge in [-0.1, -0.05) is 12.1 Å². The smallest absolute Gasteiger partial charge is 0.326 e. The Morgan fingerprint density at radius 2 is 1.92 bits per heavy atom. The summed E-state index contributed by atoms with van der Waals surface area (Å²) in [5, 5.41) is 24.5. The maximum Gasteiger partial charge on any atom is 0.326 e. The standard InChI is InChI=1S/C25H34N6O6S/c1-38-10-8-18(26)24(35)31-9-2-3-21(31)23(34)29-19(11-15-4-6-17(32)7-5-15)22(33)30-20(25(36)37)12-16-13-27-14-28-16/h4-7,13-14,18-21,32H,2-3,8-12,26H2,1H3,(H,27,28)(H,29,34)(H,30,33)(H,36,37). The van der Waals surface area contributed by atoms with Crippen molar-refractivity contribution in [2.45, 2.75) is 56.3 Å². The number of rotatable bonds is 13. The number of carbonyl (C=O) groups excluding carboxylic acids is 3. The fourth-order valence-electron chi connectivity index (χ4n) is 4.32. The summed E-state index contributed by atoms with van der Waals surface area (Å²) in [4.78, 5) is 59.5. The summed E-state index contributed by atoms with van der Waals surface area (Å²) < 4.78 is 0. The van der Waals surface area contributed by atoms with Gasteiger partial charge in [0.15, 0.2) is 0 Å². The van der Waals surface area contributed by atoms with Crippen LogP contribution in [0.5, 0.6) is 5.75 Å². The molecule has 1 aromatic carbocycles. The molecule has 3 rings (SSSR count). The van der Waals surface area contributed by atoms with Gasteiger partial charge in [0.1, 0.15) is 23.9 Å². The number of aliphatic carboxylic acids is 1. The van der Waals surface area contributed by atoms with Crippen LogP contribution in [-0.4, -0.2) is 91.5 Å². The van der Waals surface area contributed by atoms with E-state index in [1.165, 1.54) is 29.6 Å². The summed E-state index contributed by atoms with van der Waals surface area (Å²) in [6.07, 6.45) is 6.36. The van der Waals surface area contributed by atoms with Gasteiger partial charge in [-0.15, -0.1) is 0 Å². The van der Waals surface area contributed by atoms with E-state index in [0.717, 1.165) is 5.75 Å². The van der Waals surface area contributed by atoms with Crippen LogP contribution in [0, 0.1) is 0 Å². The zero-order chi connectivity index (χ0) is 27.7. The number of carbonyl (C=O) groups is 4. The minimum absolute atomic E-state index is 0.0280. The number of hydrogen-bond donors (Lipinski definition) is 6. The molecule has 0 spiro atoms. The van der Waals surface area contributed by atoms with Crippen LogP contribution in [0.2, 0.25) is 0 Å². The number of nitrogens with two attached hydrogens (primary N) is 1. The third kappa shape index (κ3) is 7.96. The highest BCUT2D eigenvalue weighted by Crippen LogP contribution is 2.20. The molecule has 2 aromatic rings. The van der Waals surface area contributed by atoms with E-state index in [2.05, 4.69) is 20.6 Å². The summed E-state index contributed by atoms with van der Waals surface area (Å²) in [7, 11) is 0. The number of phenolic OH excluding ortho intramolecular Hbond substituents is 1. The van der Waals surface area contributed by atoms with E-state index in [9.17, 15) is 29.4 Å². The van der Waals surface area contributed by atoms with Crippen LogP contribution in [0.15, 0.2) is 36.8 Å². The third-order valence-electron chi connectivity index (χ3n) is 6.39. The fraction of sp³-hybridized carbons (Fsp3) is 0.480. The van der Waals surface area contributed by atoms with Crippen molar-refractivity contribution < 1.29 is 29.4 Å². The highest BCUT2D eigenvalue weighted by molar-refractivity contribution is 7.98. The molecule has 3 amide bonds. The number of aromatic amines is 1. The minimum Gasteiger partial charge on any atom is -0.508 e. The maximum absolute atomic E-state index is 13.3. The molecule has 0 bridgehead atoms. The predicted octanol–water partition coefficient (Wildman–Crippen LogP) is 0.0261. The van der Waals surface area contributed by atoms with Gasteiger partial charge in [-0.2, -0.15) is 11.8 Å². The first-order valence-electron chi connectivity index (χ1n) is 12.3.